The predicted molar refractivity (Wildman–Crippen MR) is 106 cm³/mol. The molecule has 0 radical (unpaired) electrons. The van der Waals surface area contributed by atoms with Gasteiger partial charge in [0.15, 0.2) is 6.61 Å². The van der Waals surface area contributed by atoms with Crippen molar-refractivity contribution in [3.63, 3.8) is 0 Å². The van der Waals surface area contributed by atoms with Crippen LogP contribution in [0.25, 0.3) is 11.5 Å². The lowest BCUT2D eigenvalue weighted by molar-refractivity contribution is -0.139. The fourth-order valence-electron chi connectivity index (χ4n) is 5.04. The van der Waals surface area contributed by atoms with E-state index in [0.717, 1.165) is 36.1 Å². The van der Waals surface area contributed by atoms with Crippen molar-refractivity contribution in [2.45, 2.75) is 38.0 Å². The number of aromatic nitrogens is 2. The van der Waals surface area contributed by atoms with Crippen LogP contribution in [-0.2, 0) is 29.4 Å². The number of hydrogen-bond acceptors (Lipinski definition) is 5. The second kappa shape index (κ2) is 7.08. The number of alkyl halides is 3. The van der Waals surface area contributed by atoms with Crippen LogP contribution in [0.4, 0.5) is 13.2 Å². The molecule has 9 heteroatoms. The average molecular weight is 444 g/mol. The summed E-state index contributed by atoms with van der Waals surface area (Å²) in [7, 11) is 0. The van der Waals surface area contributed by atoms with Crippen LogP contribution >= 0.6 is 0 Å². The zero-order chi connectivity index (χ0) is 22.7. The lowest BCUT2D eigenvalue weighted by Crippen LogP contribution is -2.11. The van der Waals surface area contributed by atoms with E-state index in [1.54, 1.807) is 0 Å². The number of benzene rings is 2. The van der Waals surface area contributed by atoms with Gasteiger partial charge in [-0.3, -0.25) is 4.79 Å². The van der Waals surface area contributed by atoms with Crippen molar-refractivity contribution >= 4 is 5.97 Å². The second-order valence-corrected chi connectivity index (χ2v) is 8.34. The maximum absolute atomic E-state index is 12.7. The fourth-order valence-corrected chi connectivity index (χ4v) is 5.04. The molecule has 2 aliphatic carbocycles. The van der Waals surface area contributed by atoms with Crippen LogP contribution in [0.5, 0.6) is 5.75 Å². The van der Waals surface area contributed by atoms with Crippen molar-refractivity contribution < 1.29 is 32.3 Å². The summed E-state index contributed by atoms with van der Waals surface area (Å²) in [5.74, 6) is 0.0252. The van der Waals surface area contributed by atoms with Gasteiger partial charge in [-0.15, -0.1) is 0 Å². The van der Waals surface area contributed by atoms with Gasteiger partial charge >= 0.3 is 12.1 Å². The Balaban J connectivity index is 1.26. The molecule has 0 bridgehead atoms. The van der Waals surface area contributed by atoms with Crippen molar-refractivity contribution in [1.82, 2.24) is 10.1 Å². The highest BCUT2D eigenvalue weighted by atomic mass is 19.4. The molecule has 3 aromatic rings. The first-order valence-electron chi connectivity index (χ1n) is 10.2. The summed E-state index contributed by atoms with van der Waals surface area (Å²) in [4.78, 5) is 15.7. The molecule has 166 valence electrons. The van der Waals surface area contributed by atoms with Crippen molar-refractivity contribution in [3.8, 4) is 17.2 Å². The summed E-state index contributed by atoms with van der Waals surface area (Å²) in [5.41, 5.74) is 1.55. The number of ether oxygens (including phenoxy) is 1. The van der Waals surface area contributed by atoms with E-state index in [9.17, 15) is 23.1 Å². The SMILES string of the molecule is C[C@H]1[C@@H](C(=O)O)[C@@]12CCc1cc(OCc3noc(-c4ccc(C(F)(F)F)cc4)n3)ccc12. The van der Waals surface area contributed by atoms with Gasteiger partial charge in [-0.25, -0.2) is 0 Å². The Morgan fingerprint density at radius 2 is 2.00 bits per heavy atom. The van der Waals surface area contributed by atoms with Gasteiger partial charge in [0, 0.05) is 11.0 Å². The number of carboxylic acid groups (broad SMARTS) is 1. The number of aryl methyl sites for hydroxylation is 1. The third-order valence-corrected chi connectivity index (χ3v) is 6.71. The maximum Gasteiger partial charge on any atom is 0.416 e. The fraction of sp³-hybridized carbons (Fsp3) is 0.348. The Labute approximate surface area is 181 Å². The first-order chi connectivity index (χ1) is 15.2. The zero-order valence-corrected chi connectivity index (χ0v) is 17.0. The summed E-state index contributed by atoms with van der Waals surface area (Å²) in [6, 6.07) is 10.2. The molecule has 0 saturated heterocycles. The molecule has 2 aromatic carbocycles. The molecule has 32 heavy (non-hydrogen) atoms. The molecule has 1 fully saturated rings. The zero-order valence-electron chi connectivity index (χ0n) is 17.0. The van der Waals surface area contributed by atoms with E-state index in [1.165, 1.54) is 12.1 Å². The Morgan fingerprint density at radius 3 is 2.66 bits per heavy atom. The minimum Gasteiger partial charge on any atom is -0.485 e. The Hall–Kier alpha value is -3.36. The lowest BCUT2D eigenvalue weighted by Gasteiger charge is -2.12. The minimum atomic E-state index is -4.41. The van der Waals surface area contributed by atoms with E-state index in [0.29, 0.717) is 11.3 Å². The van der Waals surface area contributed by atoms with E-state index < -0.39 is 17.7 Å². The Kier molecular flexibility index (Phi) is 4.54. The highest BCUT2D eigenvalue weighted by molar-refractivity contribution is 5.79. The van der Waals surface area contributed by atoms with Gasteiger partial charge < -0.3 is 14.4 Å². The van der Waals surface area contributed by atoms with Crippen molar-refractivity contribution in [2.24, 2.45) is 11.8 Å². The molecule has 0 aliphatic heterocycles. The van der Waals surface area contributed by atoms with E-state index in [2.05, 4.69) is 10.1 Å². The van der Waals surface area contributed by atoms with Crippen LogP contribution in [0.15, 0.2) is 47.0 Å². The molecule has 1 spiro atoms. The van der Waals surface area contributed by atoms with Crippen LogP contribution in [0.3, 0.4) is 0 Å². The number of rotatable bonds is 5. The highest BCUT2D eigenvalue weighted by Gasteiger charge is 2.68. The van der Waals surface area contributed by atoms with E-state index >= 15 is 0 Å². The largest absolute Gasteiger partial charge is 0.485 e. The van der Waals surface area contributed by atoms with Gasteiger partial charge in [0.25, 0.3) is 5.89 Å². The highest BCUT2D eigenvalue weighted by Crippen LogP contribution is 2.66. The summed E-state index contributed by atoms with van der Waals surface area (Å²) >= 11 is 0. The third-order valence-electron chi connectivity index (χ3n) is 6.71. The molecule has 1 heterocycles. The third kappa shape index (κ3) is 3.23. The molecule has 3 atom stereocenters. The van der Waals surface area contributed by atoms with Crippen LogP contribution in [0.2, 0.25) is 0 Å². The summed E-state index contributed by atoms with van der Waals surface area (Å²) in [5, 5.41) is 13.3. The first kappa shape index (κ1) is 20.5. The van der Waals surface area contributed by atoms with Crippen LogP contribution in [0.1, 0.15) is 35.9 Å². The topological polar surface area (TPSA) is 85.5 Å². The number of carboxylic acids is 1. The van der Waals surface area contributed by atoms with Crippen molar-refractivity contribution in [3.05, 3.63) is 65.0 Å². The molecule has 6 nitrogen and oxygen atoms in total. The molecule has 2 aliphatic rings. The van der Waals surface area contributed by atoms with Crippen molar-refractivity contribution in [1.29, 1.82) is 0 Å². The smallest absolute Gasteiger partial charge is 0.416 e. The number of hydrogen-bond donors (Lipinski definition) is 1. The predicted octanol–water partition coefficient (Wildman–Crippen LogP) is 4.87. The Morgan fingerprint density at radius 1 is 1.25 bits per heavy atom. The average Bonchev–Trinajstić information content (AvgIpc) is 3.08. The number of nitrogens with zero attached hydrogens (tertiary/aromatic N) is 2. The molecule has 1 N–H and O–H groups in total. The van der Waals surface area contributed by atoms with Gasteiger partial charge in [0.2, 0.25) is 5.82 Å². The van der Waals surface area contributed by atoms with Crippen LogP contribution in [0, 0.1) is 11.8 Å². The van der Waals surface area contributed by atoms with Gasteiger partial charge in [0.1, 0.15) is 5.75 Å². The monoisotopic (exact) mass is 444 g/mol. The standard InChI is InChI=1S/C23H19F3N2O4/c1-12-19(21(29)30)22(12)9-8-14-10-16(6-7-17(14)22)31-11-18-27-20(32-28-18)13-2-4-15(5-3-13)23(24,25)26/h2-7,10,12,19H,8-9,11H2,1H3,(H,29,30)/t12-,19-,22-/m0/s1. The number of fused-ring (bicyclic) bond motifs is 2. The van der Waals surface area contributed by atoms with E-state index in [-0.39, 0.29) is 35.6 Å². The summed E-state index contributed by atoms with van der Waals surface area (Å²) < 4.78 is 49.0. The normalized spacial score (nSPS) is 23.9. The quantitative estimate of drug-likeness (QED) is 0.605. The van der Waals surface area contributed by atoms with E-state index in [1.807, 2.05) is 25.1 Å². The number of aliphatic carboxylic acids is 1. The van der Waals surface area contributed by atoms with Gasteiger partial charge in [0.05, 0.1) is 11.5 Å². The van der Waals surface area contributed by atoms with E-state index in [4.69, 9.17) is 9.26 Å². The molecular formula is C23H19F3N2O4. The van der Waals surface area contributed by atoms with Crippen LogP contribution in [-0.4, -0.2) is 21.2 Å². The molecule has 1 aromatic heterocycles. The summed E-state index contributed by atoms with van der Waals surface area (Å²) in [6.45, 7) is 2.02. The Bertz CT molecular complexity index is 1190. The lowest BCUT2D eigenvalue weighted by atomic mass is 9.94. The molecule has 5 rings (SSSR count). The van der Waals surface area contributed by atoms with Gasteiger partial charge in [-0.1, -0.05) is 18.1 Å². The first-order valence-corrected chi connectivity index (χ1v) is 10.2. The molecule has 0 amide bonds. The van der Waals surface area contributed by atoms with Crippen molar-refractivity contribution in [2.75, 3.05) is 0 Å². The molecular weight excluding hydrogens is 425 g/mol. The molecule has 0 unspecified atom stereocenters. The minimum absolute atomic E-state index is 0.0300. The second-order valence-electron chi connectivity index (χ2n) is 8.34. The summed E-state index contributed by atoms with van der Waals surface area (Å²) in [6.07, 6.45) is -2.78. The number of halogens is 3. The number of carbonyl (C=O) groups is 1. The van der Waals surface area contributed by atoms with Gasteiger partial charge in [-0.2, -0.15) is 18.2 Å². The maximum atomic E-state index is 12.7. The van der Waals surface area contributed by atoms with Crippen LogP contribution < -0.4 is 4.74 Å². The molecule has 1 saturated carbocycles. The van der Waals surface area contributed by atoms with Gasteiger partial charge in [-0.05, 0) is 66.3 Å².